The molecule has 0 heterocycles. The van der Waals surface area contributed by atoms with Crippen LogP contribution < -0.4 is 0 Å². The summed E-state index contributed by atoms with van der Waals surface area (Å²) in [6.45, 7) is 8.67. The maximum Gasteiger partial charge on any atom is 0.164 e. The van der Waals surface area contributed by atoms with Gasteiger partial charge in [0.25, 0.3) is 0 Å². The highest BCUT2D eigenvalue weighted by atomic mass is 19.1. The SMILES string of the molecule is CCN(CCC(=O)c1cc(F)cc(F)c1)CC(C)C. The van der Waals surface area contributed by atoms with Crippen LogP contribution in [0.15, 0.2) is 18.2 Å². The molecule has 0 saturated carbocycles. The second kappa shape index (κ2) is 7.34. The molecule has 0 aliphatic carbocycles. The predicted molar refractivity (Wildman–Crippen MR) is 72.3 cm³/mol. The van der Waals surface area contributed by atoms with Crippen molar-refractivity contribution in [2.24, 2.45) is 5.92 Å². The number of hydrogen-bond donors (Lipinski definition) is 0. The van der Waals surface area contributed by atoms with Crippen LogP contribution in [0.3, 0.4) is 0 Å². The van der Waals surface area contributed by atoms with E-state index in [9.17, 15) is 13.6 Å². The molecular formula is C15H21F2NO. The normalized spacial score (nSPS) is 11.3. The van der Waals surface area contributed by atoms with Crippen LogP contribution in [0.4, 0.5) is 8.78 Å². The van der Waals surface area contributed by atoms with Gasteiger partial charge in [0.2, 0.25) is 0 Å². The van der Waals surface area contributed by atoms with Crippen molar-refractivity contribution in [2.75, 3.05) is 19.6 Å². The number of rotatable bonds is 7. The number of carbonyl (C=O) groups excluding carboxylic acids is 1. The second-order valence-electron chi connectivity index (χ2n) is 5.12. The fourth-order valence-electron chi connectivity index (χ4n) is 2.01. The molecule has 0 aromatic heterocycles. The van der Waals surface area contributed by atoms with Gasteiger partial charge in [0.05, 0.1) is 0 Å². The summed E-state index contributed by atoms with van der Waals surface area (Å²) in [5, 5.41) is 0. The average Bonchev–Trinajstić information content (AvgIpc) is 2.32. The first kappa shape index (κ1) is 15.8. The molecule has 0 saturated heterocycles. The van der Waals surface area contributed by atoms with Crippen LogP contribution in [-0.2, 0) is 0 Å². The summed E-state index contributed by atoms with van der Waals surface area (Å²) in [7, 11) is 0. The first-order valence-electron chi connectivity index (χ1n) is 6.64. The molecule has 0 N–H and O–H groups in total. The van der Waals surface area contributed by atoms with E-state index in [4.69, 9.17) is 0 Å². The first-order valence-corrected chi connectivity index (χ1v) is 6.64. The third-order valence-corrected chi connectivity index (χ3v) is 2.91. The molecule has 4 heteroatoms. The molecule has 1 aromatic rings. The van der Waals surface area contributed by atoms with Crippen LogP contribution in [0.25, 0.3) is 0 Å². The fourth-order valence-corrected chi connectivity index (χ4v) is 2.01. The van der Waals surface area contributed by atoms with Crippen molar-refractivity contribution in [1.82, 2.24) is 4.90 Å². The highest BCUT2D eigenvalue weighted by Crippen LogP contribution is 2.11. The minimum atomic E-state index is -0.710. The lowest BCUT2D eigenvalue weighted by molar-refractivity contribution is 0.0961. The number of halogens is 2. The van der Waals surface area contributed by atoms with E-state index >= 15 is 0 Å². The zero-order valence-electron chi connectivity index (χ0n) is 11.7. The van der Waals surface area contributed by atoms with Gasteiger partial charge in [0.1, 0.15) is 11.6 Å². The number of benzene rings is 1. The van der Waals surface area contributed by atoms with Crippen molar-refractivity contribution < 1.29 is 13.6 Å². The largest absolute Gasteiger partial charge is 0.303 e. The summed E-state index contributed by atoms with van der Waals surface area (Å²) in [6.07, 6.45) is 0.281. The van der Waals surface area contributed by atoms with Gasteiger partial charge < -0.3 is 4.90 Å². The molecule has 2 nitrogen and oxygen atoms in total. The molecule has 0 spiro atoms. The average molecular weight is 269 g/mol. The Bertz CT molecular complexity index is 412. The van der Waals surface area contributed by atoms with Crippen LogP contribution >= 0.6 is 0 Å². The molecule has 0 amide bonds. The molecule has 19 heavy (non-hydrogen) atoms. The summed E-state index contributed by atoms with van der Waals surface area (Å²) in [4.78, 5) is 14.1. The van der Waals surface area contributed by atoms with Crippen LogP contribution in [-0.4, -0.2) is 30.3 Å². The van der Waals surface area contributed by atoms with Crippen molar-refractivity contribution in [3.05, 3.63) is 35.4 Å². The zero-order chi connectivity index (χ0) is 14.4. The lowest BCUT2D eigenvalue weighted by Gasteiger charge is -2.21. The van der Waals surface area contributed by atoms with Crippen LogP contribution in [0.5, 0.6) is 0 Å². The first-order chi connectivity index (χ1) is 8.92. The summed E-state index contributed by atoms with van der Waals surface area (Å²) in [5.74, 6) is -1.11. The van der Waals surface area contributed by atoms with E-state index in [1.807, 2.05) is 6.92 Å². The van der Waals surface area contributed by atoms with Crippen molar-refractivity contribution in [3.63, 3.8) is 0 Å². The quantitative estimate of drug-likeness (QED) is 0.706. The van der Waals surface area contributed by atoms with Crippen LogP contribution in [0, 0.1) is 17.6 Å². The van der Waals surface area contributed by atoms with Gasteiger partial charge in [0, 0.05) is 31.1 Å². The Kier molecular flexibility index (Phi) is 6.09. The summed E-state index contributed by atoms with van der Waals surface area (Å²) in [6, 6.07) is 2.95. The molecule has 1 aromatic carbocycles. The van der Waals surface area contributed by atoms with Crippen molar-refractivity contribution in [2.45, 2.75) is 27.2 Å². The van der Waals surface area contributed by atoms with E-state index in [1.54, 1.807) is 0 Å². The third kappa shape index (κ3) is 5.47. The summed E-state index contributed by atoms with van der Waals surface area (Å²) >= 11 is 0. The van der Waals surface area contributed by atoms with E-state index in [-0.39, 0.29) is 17.8 Å². The molecule has 106 valence electrons. The number of ketones is 1. The predicted octanol–water partition coefficient (Wildman–Crippen LogP) is 3.52. The molecule has 0 aliphatic rings. The minimum absolute atomic E-state index is 0.109. The van der Waals surface area contributed by atoms with Crippen molar-refractivity contribution >= 4 is 5.78 Å². The van der Waals surface area contributed by atoms with Gasteiger partial charge in [-0.3, -0.25) is 4.79 Å². The van der Waals surface area contributed by atoms with Crippen LogP contribution in [0.1, 0.15) is 37.6 Å². The van der Waals surface area contributed by atoms with Crippen LogP contribution in [0.2, 0.25) is 0 Å². The standard InChI is InChI=1S/C15H21F2NO/c1-4-18(10-11(2)3)6-5-15(19)12-7-13(16)9-14(17)8-12/h7-9,11H,4-6,10H2,1-3H3. The van der Waals surface area contributed by atoms with Gasteiger partial charge in [-0.2, -0.15) is 0 Å². The van der Waals surface area contributed by atoms with Crippen molar-refractivity contribution in [1.29, 1.82) is 0 Å². The monoisotopic (exact) mass is 269 g/mol. The van der Waals surface area contributed by atoms with Gasteiger partial charge in [-0.25, -0.2) is 8.78 Å². The molecular weight excluding hydrogens is 248 g/mol. The smallest absolute Gasteiger partial charge is 0.164 e. The molecule has 0 unspecified atom stereocenters. The lowest BCUT2D eigenvalue weighted by atomic mass is 10.1. The van der Waals surface area contributed by atoms with Gasteiger partial charge in [-0.15, -0.1) is 0 Å². The Morgan fingerprint density at radius 2 is 1.79 bits per heavy atom. The molecule has 0 aliphatic heterocycles. The molecule has 0 fully saturated rings. The van der Waals surface area contributed by atoms with E-state index in [0.29, 0.717) is 12.5 Å². The summed E-state index contributed by atoms with van der Waals surface area (Å²) < 4.78 is 26.0. The topological polar surface area (TPSA) is 20.3 Å². The second-order valence-corrected chi connectivity index (χ2v) is 5.12. The van der Waals surface area contributed by atoms with E-state index in [0.717, 1.165) is 31.3 Å². The lowest BCUT2D eigenvalue weighted by Crippen LogP contribution is -2.29. The molecule has 0 radical (unpaired) electrons. The van der Waals surface area contributed by atoms with Gasteiger partial charge in [-0.05, 0) is 24.6 Å². The molecule has 1 rings (SSSR count). The van der Waals surface area contributed by atoms with E-state index in [2.05, 4.69) is 18.7 Å². The number of Topliss-reactive ketones (excluding diaryl/α,β-unsaturated/α-hetero) is 1. The molecule has 0 atom stereocenters. The Morgan fingerprint density at radius 1 is 1.21 bits per heavy atom. The minimum Gasteiger partial charge on any atom is -0.303 e. The van der Waals surface area contributed by atoms with E-state index in [1.165, 1.54) is 0 Å². The zero-order valence-corrected chi connectivity index (χ0v) is 11.7. The number of carbonyl (C=O) groups is 1. The summed E-state index contributed by atoms with van der Waals surface area (Å²) in [5.41, 5.74) is 0.109. The Balaban J connectivity index is 2.59. The highest BCUT2D eigenvalue weighted by molar-refractivity contribution is 5.96. The van der Waals surface area contributed by atoms with Gasteiger partial charge in [0.15, 0.2) is 5.78 Å². The van der Waals surface area contributed by atoms with Gasteiger partial charge >= 0.3 is 0 Å². The Hall–Kier alpha value is -1.29. The maximum atomic E-state index is 13.0. The Labute approximate surface area is 113 Å². The Morgan fingerprint density at radius 3 is 2.26 bits per heavy atom. The number of nitrogens with zero attached hydrogens (tertiary/aromatic N) is 1. The van der Waals surface area contributed by atoms with Gasteiger partial charge in [-0.1, -0.05) is 20.8 Å². The third-order valence-electron chi connectivity index (χ3n) is 2.91. The highest BCUT2D eigenvalue weighted by Gasteiger charge is 2.12. The number of hydrogen-bond acceptors (Lipinski definition) is 2. The maximum absolute atomic E-state index is 13.0. The van der Waals surface area contributed by atoms with E-state index < -0.39 is 11.6 Å². The molecule has 0 bridgehead atoms. The van der Waals surface area contributed by atoms with Crippen molar-refractivity contribution in [3.8, 4) is 0 Å². The fraction of sp³-hybridized carbons (Fsp3) is 0.533.